The van der Waals surface area contributed by atoms with E-state index in [1.165, 1.54) is 44.9 Å². The van der Waals surface area contributed by atoms with Gasteiger partial charge in [-0.05, 0) is 50.1 Å². The number of halogens is 2. The molecule has 193 valence electrons. The van der Waals surface area contributed by atoms with E-state index in [1.54, 1.807) is 11.1 Å². The molecule has 1 heterocycles. The second-order valence-corrected chi connectivity index (χ2v) is 23.4. The van der Waals surface area contributed by atoms with Gasteiger partial charge >= 0.3 is 134 Å². The summed E-state index contributed by atoms with van der Waals surface area (Å²) in [5.41, 5.74) is 14.3. The molecule has 6 rings (SSSR count). The summed E-state index contributed by atoms with van der Waals surface area (Å²) in [5.74, 6) is -0.0393. The summed E-state index contributed by atoms with van der Waals surface area (Å²) < 4.78 is 3.16. The molecule has 2 aliphatic rings. The van der Waals surface area contributed by atoms with Gasteiger partial charge in [-0.1, -0.05) is 23.8 Å². The topological polar surface area (TPSA) is 4.93 Å². The predicted molar refractivity (Wildman–Crippen MR) is 154 cm³/mol. The van der Waals surface area contributed by atoms with Crippen molar-refractivity contribution in [3.8, 4) is 16.8 Å². The van der Waals surface area contributed by atoms with Crippen LogP contribution in [0, 0.1) is 6.92 Å². The number of fused-ring (bicyclic) bond motifs is 2. The third-order valence-electron chi connectivity index (χ3n) is 6.97. The zero-order chi connectivity index (χ0) is 25.2. The number of hydrogen-bond acceptors (Lipinski definition) is 0. The molecule has 0 bridgehead atoms. The quantitative estimate of drug-likeness (QED) is 0.305. The molecule has 0 saturated heterocycles. The van der Waals surface area contributed by atoms with Crippen molar-refractivity contribution in [1.82, 2.24) is 4.57 Å². The standard InChI is InChI=1S/C16H13.C15H15N.C2H6Si.2ClH.Zr/c1-12-10-14-8-5-9-15(16(14)11-12)13-6-3-2-4-7-13;1-11-8-13-10-12(2)16(15(13)9-11)14-6-4-3-5-7-14;1-3-2;;;/h2-11H,1H3;3-7,9-10H,8H2,1-2H3;1-2H3;2*1H;/q;;;;;+2/p-2. The fourth-order valence-corrected chi connectivity index (χ4v) is 14.3. The molecular formula is C33H34Cl2NSiZr. The number of aryl methyl sites for hydroxylation is 1. The molecule has 0 aliphatic heterocycles. The van der Waals surface area contributed by atoms with Crippen molar-refractivity contribution < 1.29 is 47.2 Å². The van der Waals surface area contributed by atoms with Crippen molar-refractivity contribution in [3.05, 3.63) is 124 Å². The summed E-state index contributed by atoms with van der Waals surface area (Å²) in [5, 5.41) is 0. The number of rotatable bonds is 4. The minimum Gasteiger partial charge on any atom is -1.00 e. The third kappa shape index (κ3) is 6.45. The van der Waals surface area contributed by atoms with Crippen molar-refractivity contribution in [2.24, 2.45) is 0 Å². The second-order valence-electron chi connectivity index (χ2n) is 10.2. The Hall–Kier alpha value is -1.90. The van der Waals surface area contributed by atoms with E-state index in [-0.39, 0.29) is 53.1 Å². The van der Waals surface area contributed by atoms with Crippen LogP contribution < -0.4 is 24.8 Å². The Morgan fingerprint density at radius 1 is 0.789 bits per heavy atom. The van der Waals surface area contributed by atoms with E-state index in [0.29, 0.717) is 0 Å². The summed E-state index contributed by atoms with van der Waals surface area (Å²) in [6.45, 7) is 11.7. The zero-order valence-corrected chi connectivity index (χ0v) is 27.7. The first kappa shape index (κ1) is 30.6. The van der Waals surface area contributed by atoms with Gasteiger partial charge in [0.05, 0.1) is 0 Å². The van der Waals surface area contributed by atoms with Crippen LogP contribution in [0.15, 0.2) is 96.1 Å². The molecule has 38 heavy (non-hydrogen) atoms. The molecule has 0 amide bonds. The van der Waals surface area contributed by atoms with Gasteiger partial charge in [-0.25, -0.2) is 0 Å². The molecule has 1 atom stereocenters. The predicted octanol–water partition coefficient (Wildman–Crippen LogP) is 2.90. The van der Waals surface area contributed by atoms with Crippen LogP contribution >= 0.6 is 0 Å². The third-order valence-corrected chi connectivity index (χ3v) is 16.1. The Bertz CT molecular complexity index is 1440. The Kier molecular flexibility index (Phi) is 10.8. The summed E-state index contributed by atoms with van der Waals surface area (Å²) in [7, 11) is 0. The molecular weight excluding hydrogens is 601 g/mol. The fourth-order valence-electron chi connectivity index (χ4n) is 5.43. The van der Waals surface area contributed by atoms with Crippen LogP contribution in [0.1, 0.15) is 45.6 Å². The fraction of sp³-hybridized carbons (Fsp3) is 0.212. The maximum Gasteiger partial charge on any atom is 0.0493 e. The SMILES string of the molecule is CC1=Cc2c(-c3ccccc3)cccc2[CH]1[Zr+2][Si](C)C.CC1=Cc2c(cc(C)n2-c2ccccc2)C1.[Cl-].[Cl-]. The summed E-state index contributed by atoms with van der Waals surface area (Å²) >= 11 is -0.296. The maximum atomic E-state index is 2.49. The first-order valence-corrected chi connectivity index (χ1v) is 20.4. The minimum absolute atomic E-state index is 0. The van der Waals surface area contributed by atoms with Crippen LogP contribution in [-0.4, -0.2) is 10.5 Å². The minimum atomic E-state index is -0.296. The molecule has 1 radical (unpaired) electrons. The van der Waals surface area contributed by atoms with Gasteiger partial charge in [-0.2, -0.15) is 0 Å². The van der Waals surface area contributed by atoms with Gasteiger partial charge in [-0.3, -0.25) is 0 Å². The number of allylic oxidation sites excluding steroid dienone is 2. The molecule has 2 aliphatic carbocycles. The van der Waals surface area contributed by atoms with Crippen LogP contribution in [0.4, 0.5) is 0 Å². The average molecular weight is 635 g/mol. The van der Waals surface area contributed by atoms with Crippen molar-refractivity contribution in [2.75, 3.05) is 0 Å². The van der Waals surface area contributed by atoms with Gasteiger partial charge in [0.2, 0.25) is 0 Å². The average Bonchev–Trinajstić information content (AvgIpc) is 3.49. The van der Waals surface area contributed by atoms with Crippen LogP contribution in [0.2, 0.25) is 13.1 Å². The smallest absolute Gasteiger partial charge is 0.0493 e. The summed E-state index contributed by atoms with van der Waals surface area (Å²) in [6.07, 6.45) is 5.86. The summed E-state index contributed by atoms with van der Waals surface area (Å²) in [4.78, 5) is 0. The molecule has 4 aromatic rings. The second kappa shape index (κ2) is 13.4. The van der Waals surface area contributed by atoms with E-state index in [4.69, 9.17) is 0 Å². The van der Waals surface area contributed by atoms with Gasteiger partial charge in [0.1, 0.15) is 0 Å². The molecule has 0 saturated carbocycles. The largest absolute Gasteiger partial charge is 1.00 e. The molecule has 0 fully saturated rings. The Balaban J connectivity index is 0.000000204. The zero-order valence-electron chi connectivity index (χ0n) is 22.7. The van der Waals surface area contributed by atoms with Gasteiger partial charge in [0, 0.05) is 17.1 Å². The number of aromatic nitrogens is 1. The normalized spacial score (nSPS) is 14.6. The molecule has 5 heteroatoms. The van der Waals surface area contributed by atoms with Crippen LogP contribution in [0.5, 0.6) is 0 Å². The molecule has 1 nitrogen and oxygen atoms in total. The van der Waals surface area contributed by atoms with Crippen molar-refractivity contribution in [2.45, 2.75) is 43.9 Å². The number of hydrogen-bond donors (Lipinski definition) is 0. The van der Waals surface area contributed by atoms with Gasteiger partial charge in [0.15, 0.2) is 0 Å². The molecule has 1 aromatic heterocycles. The maximum absolute atomic E-state index is 2.49. The van der Waals surface area contributed by atoms with Crippen LogP contribution in [0.3, 0.4) is 0 Å². The Morgan fingerprint density at radius 2 is 1.45 bits per heavy atom. The molecule has 0 N–H and O–H groups in total. The number of nitrogens with zero attached hydrogens (tertiary/aromatic N) is 1. The van der Waals surface area contributed by atoms with Gasteiger partial charge < -0.3 is 29.4 Å². The Morgan fingerprint density at radius 3 is 2.11 bits per heavy atom. The number of benzene rings is 3. The van der Waals surface area contributed by atoms with Gasteiger partial charge in [-0.15, -0.1) is 0 Å². The Labute approximate surface area is 253 Å². The molecule has 1 unspecified atom stereocenters. The number of para-hydroxylation sites is 1. The van der Waals surface area contributed by atoms with E-state index in [0.717, 1.165) is 10.0 Å². The summed E-state index contributed by atoms with van der Waals surface area (Å²) in [6, 6.07) is 30.6. The van der Waals surface area contributed by atoms with E-state index in [9.17, 15) is 0 Å². The van der Waals surface area contributed by atoms with Crippen molar-refractivity contribution in [3.63, 3.8) is 0 Å². The molecule has 3 aromatic carbocycles. The van der Waals surface area contributed by atoms with Gasteiger partial charge in [0.25, 0.3) is 0 Å². The first-order chi connectivity index (χ1) is 17.4. The van der Waals surface area contributed by atoms with E-state index < -0.39 is 0 Å². The van der Waals surface area contributed by atoms with Crippen LogP contribution in [-0.2, 0) is 28.8 Å². The monoisotopic (exact) mass is 632 g/mol. The van der Waals surface area contributed by atoms with Crippen molar-refractivity contribution in [1.29, 1.82) is 0 Å². The van der Waals surface area contributed by atoms with E-state index in [1.807, 2.05) is 0 Å². The van der Waals surface area contributed by atoms with Crippen LogP contribution in [0.25, 0.3) is 29.0 Å². The molecule has 0 spiro atoms. The van der Waals surface area contributed by atoms with E-state index >= 15 is 0 Å². The first-order valence-electron chi connectivity index (χ1n) is 12.8. The van der Waals surface area contributed by atoms with E-state index in [2.05, 4.69) is 136 Å². The van der Waals surface area contributed by atoms with Crippen molar-refractivity contribution >= 4 is 18.1 Å².